The quantitative estimate of drug-likeness (QED) is 0.750. The zero-order valence-electron chi connectivity index (χ0n) is 10.5. The third-order valence-electron chi connectivity index (χ3n) is 4.63. The predicted octanol–water partition coefficient (Wildman–Crippen LogP) is 0.293. The Morgan fingerprint density at radius 3 is 2.35 bits per heavy atom. The molecule has 0 radical (unpaired) electrons. The lowest BCUT2D eigenvalue weighted by Crippen LogP contribution is -2.54. The Bertz CT molecular complexity index is 276. The summed E-state index contributed by atoms with van der Waals surface area (Å²) in [6.07, 6.45) is 4.79. The molecule has 2 heterocycles. The number of amides is 1. The van der Waals surface area contributed by atoms with Gasteiger partial charge >= 0.3 is 0 Å². The Hall–Kier alpha value is -0.610. The summed E-state index contributed by atoms with van der Waals surface area (Å²) in [6, 6.07) is 0.718. The SMILES string of the molecule is O=C(C1CCC1)N1CCN(C2CCNC2)CC1. The molecule has 3 fully saturated rings. The van der Waals surface area contributed by atoms with Gasteiger partial charge in [-0.25, -0.2) is 0 Å². The Kier molecular flexibility index (Phi) is 3.34. The first kappa shape index (κ1) is 11.5. The first-order chi connectivity index (χ1) is 8.34. The molecule has 2 saturated heterocycles. The number of rotatable bonds is 2. The molecule has 1 atom stereocenters. The van der Waals surface area contributed by atoms with Crippen LogP contribution in [0.3, 0.4) is 0 Å². The maximum Gasteiger partial charge on any atom is 0.225 e. The van der Waals surface area contributed by atoms with E-state index in [0.29, 0.717) is 11.8 Å². The second-order valence-electron chi connectivity index (χ2n) is 5.64. The molecular formula is C13H23N3O. The van der Waals surface area contributed by atoms with Crippen LogP contribution in [0.5, 0.6) is 0 Å². The van der Waals surface area contributed by atoms with Crippen molar-refractivity contribution in [2.24, 2.45) is 5.92 Å². The molecule has 17 heavy (non-hydrogen) atoms. The topological polar surface area (TPSA) is 35.6 Å². The van der Waals surface area contributed by atoms with E-state index in [9.17, 15) is 4.79 Å². The molecule has 1 N–H and O–H groups in total. The van der Waals surface area contributed by atoms with Gasteiger partial charge in [0.1, 0.15) is 0 Å². The molecule has 1 aliphatic carbocycles. The van der Waals surface area contributed by atoms with E-state index in [-0.39, 0.29) is 0 Å². The highest BCUT2D eigenvalue weighted by atomic mass is 16.2. The van der Waals surface area contributed by atoms with Gasteiger partial charge < -0.3 is 10.2 Å². The fourth-order valence-corrected chi connectivity index (χ4v) is 3.17. The highest BCUT2D eigenvalue weighted by molar-refractivity contribution is 5.79. The van der Waals surface area contributed by atoms with E-state index in [1.807, 2.05) is 0 Å². The summed E-state index contributed by atoms with van der Waals surface area (Å²) in [6.45, 7) is 6.34. The second-order valence-corrected chi connectivity index (χ2v) is 5.64. The summed E-state index contributed by atoms with van der Waals surface area (Å²) in [5.74, 6) is 0.801. The summed E-state index contributed by atoms with van der Waals surface area (Å²) in [5.41, 5.74) is 0. The van der Waals surface area contributed by atoms with E-state index >= 15 is 0 Å². The molecule has 0 aromatic carbocycles. The molecule has 96 valence electrons. The van der Waals surface area contributed by atoms with Gasteiger partial charge in [0.15, 0.2) is 0 Å². The number of carbonyl (C=O) groups is 1. The van der Waals surface area contributed by atoms with Gasteiger partial charge in [0.2, 0.25) is 5.91 Å². The minimum absolute atomic E-state index is 0.370. The molecule has 1 saturated carbocycles. The van der Waals surface area contributed by atoms with E-state index < -0.39 is 0 Å². The average Bonchev–Trinajstić information content (AvgIpc) is 2.80. The van der Waals surface area contributed by atoms with Crippen molar-refractivity contribution < 1.29 is 4.79 Å². The highest BCUT2D eigenvalue weighted by Crippen LogP contribution is 2.28. The molecule has 1 unspecified atom stereocenters. The molecule has 2 aliphatic heterocycles. The van der Waals surface area contributed by atoms with E-state index in [1.54, 1.807) is 0 Å². The molecule has 3 aliphatic rings. The van der Waals surface area contributed by atoms with E-state index in [2.05, 4.69) is 15.1 Å². The number of carbonyl (C=O) groups excluding carboxylic acids is 1. The molecule has 4 nitrogen and oxygen atoms in total. The lowest BCUT2D eigenvalue weighted by atomic mass is 9.84. The maximum atomic E-state index is 12.1. The first-order valence-electron chi connectivity index (χ1n) is 7.08. The number of nitrogens with zero attached hydrogens (tertiary/aromatic N) is 2. The van der Waals surface area contributed by atoms with Crippen molar-refractivity contribution in [1.82, 2.24) is 15.1 Å². The number of nitrogens with one attached hydrogen (secondary N) is 1. The van der Waals surface area contributed by atoms with Crippen LogP contribution in [-0.4, -0.2) is 61.0 Å². The molecule has 0 spiro atoms. The van der Waals surface area contributed by atoms with Gasteiger partial charge in [0.05, 0.1) is 0 Å². The van der Waals surface area contributed by atoms with Crippen LogP contribution in [0.1, 0.15) is 25.7 Å². The van der Waals surface area contributed by atoms with Crippen molar-refractivity contribution >= 4 is 5.91 Å². The van der Waals surface area contributed by atoms with Crippen LogP contribution in [0.2, 0.25) is 0 Å². The largest absolute Gasteiger partial charge is 0.340 e. The molecule has 1 amide bonds. The molecule has 3 rings (SSSR count). The van der Waals surface area contributed by atoms with Crippen LogP contribution < -0.4 is 5.32 Å². The van der Waals surface area contributed by atoms with Crippen LogP contribution in [0, 0.1) is 5.92 Å². The van der Waals surface area contributed by atoms with E-state index in [4.69, 9.17) is 0 Å². The van der Waals surface area contributed by atoms with E-state index in [0.717, 1.165) is 58.2 Å². The minimum atomic E-state index is 0.370. The fraction of sp³-hybridized carbons (Fsp3) is 0.923. The van der Waals surface area contributed by atoms with Crippen molar-refractivity contribution in [3.05, 3.63) is 0 Å². The summed E-state index contributed by atoms with van der Waals surface area (Å²) < 4.78 is 0. The van der Waals surface area contributed by atoms with Gasteiger partial charge in [0, 0.05) is 44.7 Å². The third kappa shape index (κ3) is 2.33. The zero-order chi connectivity index (χ0) is 11.7. The lowest BCUT2D eigenvalue weighted by molar-refractivity contribution is -0.140. The lowest BCUT2D eigenvalue weighted by Gasteiger charge is -2.40. The average molecular weight is 237 g/mol. The van der Waals surface area contributed by atoms with Crippen molar-refractivity contribution in [3.63, 3.8) is 0 Å². The van der Waals surface area contributed by atoms with Gasteiger partial charge in [-0.2, -0.15) is 0 Å². The smallest absolute Gasteiger partial charge is 0.225 e. The number of piperazine rings is 1. The Labute approximate surface area is 103 Å². The predicted molar refractivity (Wildman–Crippen MR) is 66.8 cm³/mol. The van der Waals surface area contributed by atoms with Crippen LogP contribution in [0.25, 0.3) is 0 Å². The summed E-state index contributed by atoms with van der Waals surface area (Å²) in [4.78, 5) is 16.8. The van der Waals surface area contributed by atoms with Crippen molar-refractivity contribution in [2.75, 3.05) is 39.3 Å². The maximum absolute atomic E-state index is 12.1. The van der Waals surface area contributed by atoms with Crippen molar-refractivity contribution in [3.8, 4) is 0 Å². The normalized spacial score (nSPS) is 31.5. The van der Waals surface area contributed by atoms with Crippen LogP contribution in [0.15, 0.2) is 0 Å². The minimum Gasteiger partial charge on any atom is -0.340 e. The van der Waals surface area contributed by atoms with Crippen LogP contribution in [-0.2, 0) is 4.79 Å². The van der Waals surface area contributed by atoms with Crippen molar-refractivity contribution in [1.29, 1.82) is 0 Å². The zero-order valence-corrected chi connectivity index (χ0v) is 10.5. The fourth-order valence-electron chi connectivity index (χ4n) is 3.17. The molecule has 0 aromatic heterocycles. The monoisotopic (exact) mass is 237 g/mol. The Balaban J connectivity index is 1.47. The first-order valence-corrected chi connectivity index (χ1v) is 7.08. The standard InChI is InChI=1S/C13H23N3O/c17-13(11-2-1-3-11)16-8-6-15(7-9-16)12-4-5-14-10-12/h11-12,14H,1-10H2. The van der Waals surface area contributed by atoms with Gasteiger partial charge in [-0.1, -0.05) is 6.42 Å². The number of hydrogen-bond donors (Lipinski definition) is 1. The van der Waals surface area contributed by atoms with E-state index in [1.165, 1.54) is 12.8 Å². The molecule has 4 heteroatoms. The van der Waals surface area contributed by atoms with Gasteiger partial charge in [-0.3, -0.25) is 9.69 Å². The van der Waals surface area contributed by atoms with Crippen molar-refractivity contribution in [2.45, 2.75) is 31.7 Å². The summed E-state index contributed by atoms with van der Waals surface area (Å²) in [7, 11) is 0. The second kappa shape index (κ2) is 4.94. The number of hydrogen-bond acceptors (Lipinski definition) is 3. The van der Waals surface area contributed by atoms with Gasteiger partial charge in [-0.05, 0) is 25.8 Å². The Morgan fingerprint density at radius 2 is 1.82 bits per heavy atom. The van der Waals surface area contributed by atoms with Crippen LogP contribution in [0.4, 0.5) is 0 Å². The van der Waals surface area contributed by atoms with Crippen LogP contribution >= 0.6 is 0 Å². The molecule has 0 bridgehead atoms. The molecule has 0 aromatic rings. The summed E-state index contributed by atoms with van der Waals surface area (Å²) >= 11 is 0. The van der Waals surface area contributed by atoms with Gasteiger partial charge in [0.25, 0.3) is 0 Å². The highest BCUT2D eigenvalue weighted by Gasteiger charge is 2.32. The summed E-state index contributed by atoms with van der Waals surface area (Å²) in [5, 5.41) is 3.42. The molecular weight excluding hydrogens is 214 g/mol. The Morgan fingerprint density at radius 1 is 1.06 bits per heavy atom. The van der Waals surface area contributed by atoms with Gasteiger partial charge in [-0.15, -0.1) is 0 Å². The third-order valence-corrected chi connectivity index (χ3v) is 4.63.